The van der Waals surface area contributed by atoms with Crippen LogP contribution in [0.3, 0.4) is 0 Å². The molecule has 2 aromatic carbocycles. The number of aromatic nitrogens is 2. The van der Waals surface area contributed by atoms with Crippen LogP contribution in [0.15, 0.2) is 58.1 Å². The molecular formula is C22H21FN4O4. The lowest BCUT2D eigenvalue weighted by Crippen LogP contribution is -2.51. The van der Waals surface area contributed by atoms with E-state index in [1.807, 2.05) is 0 Å². The number of piperazine rings is 1. The third-order valence-corrected chi connectivity index (χ3v) is 5.51. The fourth-order valence-corrected chi connectivity index (χ4v) is 3.80. The first-order chi connectivity index (χ1) is 14.9. The monoisotopic (exact) mass is 424 g/mol. The zero-order valence-corrected chi connectivity index (χ0v) is 17.0. The van der Waals surface area contributed by atoms with Crippen LogP contribution in [0.25, 0.3) is 16.6 Å². The van der Waals surface area contributed by atoms with Gasteiger partial charge in [-0.05, 0) is 36.4 Å². The predicted molar refractivity (Wildman–Crippen MR) is 113 cm³/mol. The van der Waals surface area contributed by atoms with E-state index in [0.29, 0.717) is 31.7 Å². The number of hydrogen-bond donors (Lipinski definition) is 0. The standard InChI is InChI=1S/C22H21FN4O4/c1-15(28)24-10-12-25(13-11-24)20(29)14-26-19-5-3-2-4-18(19)21(30)27(22(26)31)17-8-6-16(23)7-9-17/h2-9H,10-14H2,1H3. The number of nitrogens with zero attached hydrogens (tertiary/aromatic N) is 4. The van der Waals surface area contributed by atoms with E-state index in [2.05, 4.69) is 0 Å². The molecule has 31 heavy (non-hydrogen) atoms. The first-order valence-electron chi connectivity index (χ1n) is 9.90. The van der Waals surface area contributed by atoms with Crippen LogP contribution in [0.2, 0.25) is 0 Å². The third kappa shape index (κ3) is 3.86. The highest BCUT2D eigenvalue weighted by Crippen LogP contribution is 2.12. The Morgan fingerprint density at radius 3 is 2.16 bits per heavy atom. The molecular weight excluding hydrogens is 403 g/mol. The Morgan fingerprint density at radius 1 is 0.903 bits per heavy atom. The largest absolute Gasteiger partial charge is 0.339 e. The van der Waals surface area contributed by atoms with E-state index in [-0.39, 0.29) is 29.4 Å². The van der Waals surface area contributed by atoms with Crippen LogP contribution in [0.1, 0.15) is 6.92 Å². The Labute approximate surface area is 176 Å². The maximum absolute atomic E-state index is 13.3. The van der Waals surface area contributed by atoms with Crippen LogP contribution in [0, 0.1) is 5.82 Å². The number of amides is 2. The van der Waals surface area contributed by atoms with Gasteiger partial charge in [-0.2, -0.15) is 0 Å². The summed E-state index contributed by atoms with van der Waals surface area (Å²) in [7, 11) is 0. The van der Waals surface area contributed by atoms with Gasteiger partial charge in [0.1, 0.15) is 12.4 Å². The molecule has 160 valence electrons. The zero-order chi connectivity index (χ0) is 22.1. The Balaban J connectivity index is 1.75. The summed E-state index contributed by atoms with van der Waals surface area (Å²) in [6, 6.07) is 11.6. The van der Waals surface area contributed by atoms with Crippen LogP contribution >= 0.6 is 0 Å². The lowest BCUT2D eigenvalue weighted by Gasteiger charge is -2.34. The van der Waals surface area contributed by atoms with Crippen molar-refractivity contribution in [3.63, 3.8) is 0 Å². The normalized spacial score (nSPS) is 14.1. The van der Waals surface area contributed by atoms with Gasteiger partial charge in [-0.1, -0.05) is 12.1 Å². The molecule has 2 amide bonds. The van der Waals surface area contributed by atoms with E-state index in [9.17, 15) is 23.6 Å². The van der Waals surface area contributed by atoms with Crippen LogP contribution in [0.5, 0.6) is 0 Å². The number of para-hydroxylation sites is 1. The summed E-state index contributed by atoms with van der Waals surface area (Å²) < 4.78 is 15.6. The van der Waals surface area contributed by atoms with E-state index in [0.717, 1.165) is 4.57 Å². The molecule has 2 heterocycles. The third-order valence-electron chi connectivity index (χ3n) is 5.51. The van der Waals surface area contributed by atoms with Crippen molar-refractivity contribution in [2.24, 2.45) is 0 Å². The van der Waals surface area contributed by atoms with Crippen molar-refractivity contribution in [3.05, 3.63) is 75.2 Å². The molecule has 9 heteroatoms. The Hall–Kier alpha value is -3.75. The van der Waals surface area contributed by atoms with Gasteiger partial charge in [-0.3, -0.25) is 19.0 Å². The molecule has 1 saturated heterocycles. The van der Waals surface area contributed by atoms with E-state index in [1.165, 1.54) is 35.8 Å². The number of fused-ring (bicyclic) bond motifs is 1. The molecule has 3 aromatic rings. The maximum Gasteiger partial charge on any atom is 0.336 e. The zero-order valence-electron chi connectivity index (χ0n) is 17.0. The average Bonchev–Trinajstić information content (AvgIpc) is 2.78. The molecule has 1 fully saturated rings. The average molecular weight is 424 g/mol. The van der Waals surface area contributed by atoms with Crippen molar-refractivity contribution in [2.45, 2.75) is 13.5 Å². The summed E-state index contributed by atoms with van der Waals surface area (Å²) in [6.07, 6.45) is 0. The lowest BCUT2D eigenvalue weighted by atomic mass is 10.2. The summed E-state index contributed by atoms with van der Waals surface area (Å²) in [5, 5.41) is 0.278. The second kappa shape index (κ2) is 8.17. The molecule has 1 aliphatic rings. The highest BCUT2D eigenvalue weighted by molar-refractivity contribution is 5.82. The molecule has 0 spiro atoms. The van der Waals surface area contributed by atoms with Crippen LogP contribution in [-0.2, 0) is 16.1 Å². The van der Waals surface area contributed by atoms with E-state index in [4.69, 9.17) is 0 Å². The predicted octanol–water partition coefficient (Wildman–Crippen LogP) is 0.982. The molecule has 0 unspecified atom stereocenters. The van der Waals surface area contributed by atoms with E-state index >= 15 is 0 Å². The van der Waals surface area contributed by atoms with Crippen LogP contribution < -0.4 is 11.2 Å². The topological polar surface area (TPSA) is 84.6 Å². The number of carbonyl (C=O) groups excluding carboxylic acids is 2. The number of halogens is 1. The second-order valence-corrected chi connectivity index (χ2v) is 7.39. The summed E-state index contributed by atoms with van der Waals surface area (Å²) in [6.45, 7) is 2.87. The van der Waals surface area contributed by atoms with Crippen molar-refractivity contribution < 1.29 is 14.0 Å². The van der Waals surface area contributed by atoms with Crippen molar-refractivity contribution >= 4 is 22.7 Å². The summed E-state index contributed by atoms with van der Waals surface area (Å²) in [5.74, 6) is -0.807. The summed E-state index contributed by atoms with van der Waals surface area (Å²) >= 11 is 0. The Bertz CT molecular complexity index is 1270. The van der Waals surface area contributed by atoms with Gasteiger partial charge in [0.2, 0.25) is 11.8 Å². The maximum atomic E-state index is 13.3. The smallest absolute Gasteiger partial charge is 0.336 e. The van der Waals surface area contributed by atoms with Gasteiger partial charge in [0, 0.05) is 33.1 Å². The second-order valence-electron chi connectivity index (χ2n) is 7.39. The van der Waals surface area contributed by atoms with Crippen molar-refractivity contribution in [1.82, 2.24) is 18.9 Å². The fourth-order valence-electron chi connectivity index (χ4n) is 3.80. The van der Waals surface area contributed by atoms with Crippen LogP contribution in [0.4, 0.5) is 4.39 Å². The van der Waals surface area contributed by atoms with E-state index < -0.39 is 17.1 Å². The van der Waals surface area contributed by atoms with Gasteiger partial charge in [-0.15, -0.1) is 0 Å². The fraction of sp³-hybridized carbons (Fsp3) is 0.273. The highest BCUT2D eigenvalue weighted by Gasteiger charge is 2.24. The Kier molecular flexibility index (Phi) is 5.41. The summed E-state index contributed by atoms with van der Waals surface area (Å²) in [4.78, 5) is 54.0. The molecule has 4 rings (SSSR count). The number of carbonyl (C=O) groups is 2. The molecule has 0 N–H and O–H groups in total. The molecule has 0 bridgehead atoms. The van der Waals surface area contributed by atoms with Crippen molar-refractivity contribution in [3.8, 4) is 5.69 Å². The van der Waals surface area contributed by atoms with E-state index in [1.54, 1.807) is 34.1 Å². The Morgan fingerprint density at radius 2 is 1.52 bits per heavy atom. The quantitative estimate of drug-likeness (QED) is 0.628. The van der Waals surface area contributed by atoms with Gasteiger partial charge >= 0.3 is 5.69 Å². The molecule has 1 aromatic heterocycles. The minimum atomic E-state index is -0.675. The first-order valence-corrected chi connectivity index (χ1v) is 9.90. The van der Waals surface area contributed by atoms with Gasteiger partial charge < -0.3 is 9.80 Å². The van der Waals surface area contributed by atoms with Crippen molar-refractivity contribution in [1.29, 1.82) is 0 Å². The SMILES string of the molecule is CC(=O)N1CCN(C(=O)Cn2c(=O)n(-c3ccc(F)cc3)c(=O)c3ccccc32)CC1. The van der Waals surface area contributed by atoms with Crippen LogP contribution in [-0.4, -0.2) is 56.9 Å². The highest BCUT2D eigenvalue weighted by atomic mass is 19.1. The first kappa shape index (κ1) is 20.5. The molecule has 0 atom stereocenters. The number of hydrogen-bond acceptors (Lipinski definition) is 4. The minimum Gasteiger partial charge on any atom is -0.339 e. The van der Waals surface area contributed by atoms with Gasteiger partial charge in [-0.25, -0.2) is 13.8 Å². The van der Waals surface area contributed by atoms with Crippen molar-refractivity contribution in [2.75, 3.05) is 26.2 Å². The summed E-state index contributed by atoms with van der Waals surface area (Å²) in [5.41, 5.74) is -0.637. The minimum absolute atomic E-state index is 0.0410. The number of rotatable bonds is 3. The molecule has 1 aliphatic heterocycles. The molecule has 0 saturated carbocycles. The van der Waals surface area contributed by atoms with Gasteiger partial charge in [0.05, 0.1) is 16.6 Å². The molecule has 0 radical (unpaired) electrons. The van der Waals surface area contributed by atoms with Gasteiger partial charge in [0.25, 0.3) is 5.56 Å². The molecule has 8 nitrogen and oxygen atoms in total. The van der Waals surface area contributed by atoms with Gasteiger partial charge in [0.15, 0.2) is 0 Å². The number of benzene rings is 2. The molecule has 0 aliphatic carbocycles. The lowest BCUT2D eigenvalue weighted by molar-refractivity contribution is -0.138.